The van der Waals surface area contributed by atoms with Crippen LogP contribution in [0.1, 0.15) is 26.7 Å². The van der Waals surface area contributed by atoms with Crippen molar-refractivity contribution in [2.45, 2.75) is 32.8 Å². The third kappa shape index (κ3) is 6.97. The summed E-state index contributed by atoms with van der Waals surface area (Å²) in [4.78, 5) is 16.5. The minimum Gasteiger partial charge on any atom is -0.508 e. The van der Waals surface area contributed by atoms with E-state index in [2.05, 4.69) is 0 Å². The standard InChI is InChI=1S/C15H23NO5/c1-3-5-15(19)21-16(4-2)10-13(18)11-20-14-8-6-12(17)7-9-14/h6-9,13,17-18H,3-5,10-11H2,1-2H3. The fraction of sp³-hybridized carbons (Fsp3) is 0.533. The van der Waals surface area contributed by atoms with Crippen molar-refractivity contribution in [3.8, 4) is 11.5 Å². The van der Waals surface area contributed by atoms with Crippen LogP contribution in [0.15, 0.2) is 24.3 Å². The molecule has 1 atom stereocenters. The van der Waals surface area contributed by atoms with Crippen LogP contribution in [-0.4, -0.2) is 47.0 Å². The first-order valence-electron chi connectivity index (χ1n) is 7.10. The van der Waals surface area contributed by atoms with E-state index in [4.69, 9.17) is 14.7 Å². The number of phenolic OH excluding ortho intramolecular Hbond substituents is 1. The minimum atomic E-state index is -0.784. The minimum absolute atomic E-state index is 0.0760. The number of phenols is 1. The van der Waals surface area contributed by atoms with Gasteiger partial charge in [0.2, 0.25) is 0 Å². The Kier molecular flexibility index (Phi) is 7.56. The molecule has 1 aromatic carbocycles. The van der Waals surface area contributed by atoms with Crippen LogP contribution in [0, 0.1) is 0 Å². The molecule has 1 rings (SSSR count). The van der Waals surface area contributed by atoms with E-state index in [1.54, 1.807) is 12.1 Å². The maximum atomic E-state index is 11.4. The van der Waals surface area contributed by atoms with E-state index in [0.29, 0.717) is 18.7 Å². The third-order valence-electron chi connectivity index (χ3n) is 2.73. The van der Waals surface area contributed by atoms with Gasteiger partial charge < -0.3 is 19.8 Å². The average Bonchev–Trinajstić information content (AvgIpc) is 2.46. The second kappa shape index (κ2) is 9.20. The molecule has 0 aromatic heterocycles. The molecule has 6 nitrogen and oxygen atoms in total. The van der Waals surface area contributed by atoms with E-state index in [0.717, 1.165) is 6.42 Å². The molecular formula is C15H23NO5. The van der Waals surface area contributed by atoms with Crippen molar-refractivity contribution < 1.29 is 24.6 Å². The molecule has 0 fully saturated rings. The molecule has 0 spiro atoms. The van der Waals surface area contributed by atoms with Gasteiger partial charge in [0.1, 0.15) is 24.2 Å². The van der Waals surface area contributed by atoms with E-state index < -0.39 is 6.10 Å². The first-order valence-corrected chi connectivity index (χ1v) is 7.10. The first-order chi connectivity index (χ1) is 10.0. The molecule has 118 valence electrons. The molecule has 0 heterocycles. The Balaban J connectivity index is 2.35. The zero-order chi connectivity index (χ0) is 15.7. The molecule has 0 aliphatic rings. The Morgan fingerprint density at radius 3 is 2.52 bits per heavy atom. The second-order valence-corrected chi connectivity index (χ2v) is 4.65. The third-order valence-corrected chi connectivity index (χ3v) is 2.73. The van der Waals surface area contributed by atoms with Gasteiger partial charge in [0.25, 0.3) is 0 Å². The molecule has 1 unspecified atom stereocenters. The van der Waals surface area contributed by atoms with Crippen molar-refractivity contribution in [3.05, 3.63) is 24.3 Å². The Morgan fingerprint density at radius 2 is 1.95 bits per heavy atom. The van der Waals surface area contributed by atoms with Crippen LogP contribution in [0.4, 0.5) is 0 Å². The maximum absolute atomic E-state index is 11.4. The van der Waals surface area contributed by atoms with Gasteiger partial charge in [-0.15, -0.1) is 5.06 Å². The van der Waals surface area contributed by atoms with E-state index in [1.807, 2.05) is 13.8 Å². The van der Waals surface area contributed by atoms with Crippen LogP contribution < -0.4 is 4.74 Å². The summed E-state index contributed by atoms with van der Waals surface area (Å²) in [6.07, 6.45) is 0.299. The lowest BCUT2D eigenvalue weighted by molar-refractivity contribution is -0.195. The van der Waals surface area contributed by atoms with Crippen molar-refractivity contribution in [1.82, 2.24) is 5.06 Å². The van der Waals surface area contributed by atoms with Crippen LogP contribution in [0.25, 0.3) is 0 Å². The number of benzene rings is 1. The Labute approximate surface area is 124 Å². The predicted molar refractivity (Wildman–Crippen MR) is 77.9 cm³/mol. The van der Waals surface area contributed by atoms with Crippen molar-refractivity contribution in [2.75, 3.05) is 19.7 Å². The van der Waals surface area contributed by atoms with Gasteiger partial charge in [0.05, 0.1) is 6.54 Å². The maximum Gasteiger partial charge on any atom is 0.325 e. The van der Waals surface area contributed by atoms with Crippen LogP contribution in [-0.2, 0) is 9.63 Å². The number of aromatic hydroxyl groups is 1. The summed E-state index contributed by atoms with van der Waals surface area (Å²) in [5.41, 5.74) is 0. The molecule has 0 saturated carbocycles. The number of carbonyl (C=O) groups excluding carboxylic acids is 1. The highest BCUT2D eigenvalue weighted by molar-refractivity contribution is 5.68. The van der Waals surface area contributed by atoms with Gasteiger partial charge in [-0.2, -0.15) is 0 Å². The van der Waals surface area contributed by atoms with Gasteiger partial charge in [0.15, 0.2) is 0 Å². The summed E-state index contributed by atoms with van der Waals surface area (Å²) in [6.45, 7) is 4.49. The van der Waals surface area contributed by atoms with Gasteiger partial charge in [-0.05, 0) is 37.6 Å². The zero-order valence-corrected chi connectivity index (χ0v) is 12.5. The molecule has 0 aliphatic carbocycles. The summed E-state index contributed by atoms with van der Waals surface area (Å²) in [5.74, 6) is 0.409. The van der Waals surface area contributed by atoms with Crippen molar-refractivity contribution >= 4 is 5.97 Å². The van der Waals surface area contributed by atoms with Crippen molar-refractivity contribution in [3.63, 3.8) is 0 Å². The highest BCUT2D eigenvalue weighted by Crippen LogP contribution is 2.16. The average molecular weight is 297 g/mol. The number of hydrogen-bond donors (Lipinski definition) is 2. The highest BCUT2D eigenvalue weighted by atomic mass is 16.7. The fourth-order valence-electron chi connectivity index (χ4n) is 1.65. The van der Waals surface area contributed by atoms with Crippen LogP contribution in [0.3, 0.4) is 0 Å². The predicted octanol–water partition coefficient (Wildman–Crippen LogP) is 1.71. The number of likely N-dealkylation sites (N-methyl/N-ethyl adjacent to an activating group) is 1. The quantitative estimate of drug-likeness (QED) is 0.676. The fourth-order valence-corrected chi connectivity index (χ4v) is 1.65. The molecule has 0 bridgehead atoms. The topological polar surface area (TPSA) is 79.2 Å². The Bertz CT molecular complexity index is 421. The van der Waals surface area contributed by atoms with E-state index in [9.17, 15) is 9.90 Å². The molecular weight excluding hydrogens is 274 g/mol. The molecule has 6 heteroatoms. The van der Waals surface area contributed by atoms with Crippen molar-refractivity contribution in [2.24, 2.45) is 0 Å². The van der Waals surface area contributed by atoms with Crippen LogP contribution in [0.2, 0.25) is 0 Å². The monoisotopic (exact) mass is 297 g/mol. The summed E-state index contributed by atoms with van der Waals surface area (Å²) in [6, 6.07) is 6.24. The summed E-state index contributed by atoms with van der Waals surface area (Å²) >= 11 is 0. The Morgan fingerprint density at radius 1 is 1.29 bits per heavy atom. The normalized spacial score (nSPS) is 12.2. The molecule has 0 saturated heterocycles. The summed E-state index contributed by atoms with van der Waals surface area (Å²) < 4.78 is 5.39. The number of aliphatic hydroxyl groups excluding tert-OH is 1. The number of rotatable bonds is 9. The number of hydroxylamine groups is 2. The molecule has 0 radical (unpaired) electrons. The molecule has 1 aromatic rings. The lowest BCUT2D eigenvalue weighted by Crippen LogP contribution is -2.37. The van der Waals surface area contributed by atoms with Gasteiger partial charge >= 0.3 is 5.97 Å². The smallest absolute Gasteiger partial charge is 0.325 e. The number of nitrogens with zero attached hydrogens (tertiary/aromatic N) is 1. The van der Waals surface area contributed by atoms with Crippen LogP contribution >= 0.6 is 0 Å². The van der Waals surface area contributed by atoms with Gasteiger partial charge in [-0.1, -0.05) is 6.92 Å². The van der Waals surface area contributed by atoms with E-state index in [-0.39, 0.29) is 24.9 Å². The molecule has 0 aliphatic heterocycles. The number of carbonyl (C=O) groups is 1. The molecule has 21 heavy (non-hydrogen) atoms. The van der Waals surface area contributed by atoms with E-state index in [1.165, 1.54) is 17.2 Å². The lowest BCUT2D eigenvalue weighted by Gasteiger charge is -2.22. The number of aliphatic hydroxyl groups is 1. The number of hydrogen-bond acceptors (Lipinski definition) is 6. The van der Waals surface area contributed by atoms with Crippen LogP contribution in [0.5, 0.6) is 11.5 Å². The number of ether oxygens (including phenoxy) is 1. The van der Waals surface area contributed by atoms with Crippen molar-refractivity contribution in [1.29, 1.82) is 0 Å². The summed E-state index contributed by atoms with van der Waals surface area (Å²) in [7, 11) is 0. The SMILES string of the molecule is CCCC(=O)ON(CC)CC(O)COc1ccc(O)cc1. The van der Waals surface area contributed by atoms with Gasteiger partial charge in [-0.25, -0.2) is 0 Å². The highest BCUT2D eigenvalue weighted by Gasteiger charge is 2.15. The first kappa shape index (κ1) is 17.3. The Hall–Kier alpha value is -1.79. The second-order valence-electron chi connectivity index (χ2n) is 4.65. The lowest BCUT2D eigenvalue weighted by atomic mass is 10.3. The van der Waals surface area contributed by atoms with Gasteiger partial charge in [0, 0.05) is 13.0 Å². The largest absolute Gasteiger partial charge is 0.508 e. The molecule has 2 N–H and O–H groups in total. The van der Waals surface area contributed by atoms with E-state index >= 15 is 0 Å². The van der Waals surface area contributed by atoms with Gasteiger partial charge in [-0.3, -0.25) is 4.79 Å². The zero-order valence-electron chi connectivity index (χ0n) is 12.5. The summed E-state index contributed by atoms with van der Waals surface area (Å²) in [5, 5.41) is 20.5. The molecule has 0 amide bonds.